The average Bonchev–Trinajstić information content (AvgIpc) is 2.42. The van der Waals surface area contributed by atoms with Gasteiger partial charge in [0.2, 0.25) is 0 Å². The highest BCUT2D eigenvalue weighted by molar-refractivity contribution is 5.89. The quantitative estimate of drug-likeness (QED) is 0.615. The van der Waals surface area contributed by atoms with Gasteiger partial charge in [-0.05, 0) is 38.3 Å². The maximum absolute atomic E-state index is 11.7. The number of rotatable bonds is 4. The van der Waals surface area contributed by atoms with E-state index in [-0.39, 0.29) is 5.97 Å². The number of aryl methyl sites for hydroxylation is 1. The number of hydrogen-bond donors (Lipinski definition) is 0. The molecule has 0 N–H and O–H groups in total. The Balaban J connectivity index is 2.15. The van der Waals surface area contributed by atoms with Crippen LogP contribution >= 0.6 is 0 Å². The van der Waals surface area contributed by atoms with Gasteiger partial charge in [-0.2, -0.15) is 0 Å². The fourth-order valence-electron chi connectivity index (χ4n) is 2.50. The molecule has 0 aromatic heterocycles. The Morgan fingerprint density at radius 1 is 1.47 bits per heavy atom. The lowest BCUT2D eigenvalue weighted by Crippen LogP contribution is -2.39. The van der Waals surface area contributed by atoms with Gasteiger partial charge in [-0.1, -0.05) is 24.8 Å². The predicted molar refractivity (Wildman–Crippen MR) is 77.3 cm³/mol. The molecule has 3 heteroatoms. The van der Waals surface area contributed by atoms with E-state index in [1.54, 1.807) is 0 Å². The third kappa shape index (κ3) is 2.98. The number of para-hydroxylation sites is 1. The molecule has 0 fully saturated rings. The minimum Gasteiger partial charge on any atom is -0.463 e. The molecular weight excluding hydrogens is 238 g/mol. The molecule has 3 nitrogen and oxygen atoms in total. The van der Waals surface area contributed by atoms with E-state index in [2.05, 4.69) is 36.6 Å². The van der Waals surface area contributed by atoms with Gasteiger partial charge < -0.3 is 9.64 Å². The fourth-order valence-corrected chi connectivity index (χ4v) is 2.50. The third-order valence-electron chi connectivity index (χ3n) is 3.59. The molecule has 102 valence electrons. The number of hydrogen-bond acceptors (Lipinski definition) is 3. The summed E-state index contributed by atoms with van der Waals surface area (Å²) in [6.45, 7) is 8.79. The molecule has 0 aliphatic carbocycles. The van der Waals surface area contributed by atoms with Crippen LogP contribution in [0.25, 0.3) is 0 Å². The monoisotopic (exact) mass is 259 g/mol. The molecular formula is C16H21NO2. The number of esters is 1. The minimum absolute atomic E-state index is 0.294. The normalized spacial score (nSPS) is 17.8. The van der Waals surface area contributed by atoms with Crippen LogP contribution in [0.5, 0.6) is 0 Å². The molecule has 1 aliphatic heterocycles. The third-order valence-corrected chi connectivity index (χ3v) is 3.59. The number of anilines is 1. The Labute approximate surface area is 114 Å². The van der Waals surface area contributed by atoms with Crippen molar-refractivity contribution in [1.82, 2.24) is 0 Å². The highest BCUT2D eigenvalue weighted by Crippen LogP contribution is 2.30. The van der Waals surface area contributed by atoms with Crippen molar-refractivity contribution in [2.24, 2.45) is 0 Å². The van der Waals surface area contributed by atoms with Gasteiger partial charge in [-0.25, -0.2) is 4.79 Å². The minimum atomic E-state index is -0.294. The Kier molecular flexibility index (Phi) is 4.25. The number of nitrogens with zero attached hydrogens (tertiary/aromatic N) is 1. The number of fused-ring (bicyclic) bond motifs is 1. The van der Waals surface area contributed by atoms with Crippen molar-refractivity contribution in [3.8, 4) is 0 Å². The first-order chi connectivity index (χ1) is 9.13. The molecule has 0 saturated carbocycles. The van der Waals surface area contributed by atoms with Gasteiger partial charge in [-0.3, -0.25) is 0 Å². The van der Waals surface area contributed by atoms with Gasteiger partial charge >= 0.3 is 5.97 Å². The molecule has 0 bridgehead atoms. The molecule has 0 saturated heterocycles. The first kappa shape index (κ1) is 13.7. The van der Waals surface area contributed by atoms with E-state index in [1.165, 1.54) is 11.3 Å². The smallest absolute Gasteiger partial charge is 0.335 e. The van der Waals surface area contributed by atoms with Gasteiger partial charge in [-0.15, -0.1) is 0 Å². The van der Waals surface area contributed by atoms with E-state index in [9.17, 15) is 4.79 Å². The van der Waals surface area contributed by atoms with Crippen molar-refractivity contribution >= 4 is 11.7 Å². The summed E-state index contributed by atoms with van der Waals surface area (Å²) in [6.07, 6.45) is 2.20. The van der Waals surface area contributed by atoms with Crippen LogP contribution in [0.3, 0.4) is 0 Å². The van der Waals surface area contributed by atoms with Crippen LogP contribution in [0.4, 0.5) is 5.69 Å². The van der Waals surface area contributed by atoms with E-state index in [0.717, 1.165) is 12.8 Å². The van der Waals surface area contributed by atoms with Crippen molar-refractivity contribution in [2.75, 3.05) is 18.1 Å². The topological polar surface area (TPSA) is 29.5 Å². The van der Waals surface area contributed by atoms with Crippen LogP contribution in [0.1, 0.15) is 25.8 Å². The molecule has 2 rings (SSSR count). The lowest BCUT2D eigenvalue weighted by Gasteiger charge is -2.37. The number of benzene rings is 1. The molecule has 1 aromatic rings. The van der Waals surface area contributed by atoms with Crippen LogP contribution in [0.2, 0.25) is 0 Å². The summed E-state index contributed by atoms with van der Waals surface area (Å²) in [4.78, 5) is 13.9. The van der Waals surface area contributed by atoms with E-state index in [0.29, 0.717) is 24.8 Å². The second-order valence-electron chi connectivity index (χ2n) is 4.97. The van der Waals surface area contributed by atoms with Crippen LogP contribution in [-0.4, -0.2) is 25.2 Å². The van der Waals surface area contributed by atoms with Crippen LogP contribution < -0.4 is 4.90 Å². The molecule has 0 amide bonds. The highest BCUT2D eigenvalue weighted by Gasteiger charge is 2.24. The zero-order valence-corrected chi connectivity index (χ0v) is 11.7. The first-order valence-corrected chi connectivity index (χ1v) is 6.83. The zero-order valence-electron chi connectivity index (χ0n) is 11.7. The fraction of sp³-hybridized carbons (Fsp3) is 0.438. The van der Waals surface area contributed by atoms with E-state index in [4.69, 9.17) is 4.74 Å². The van der Waals surface area contributed by atoms with E-state index < -0.39 is 0 Å². The van der Waals surface area contributed by atoms with Crippen molar-refractivity contribution in [3.63, 3.8) is 0 Å². The lowest BCUT2D eigenvalue weighted by atomic mass is 9.96. The van der Waals surface area contributed by atoms with Gasteiger partial charge in [0.1, 0.15) is 0 Å². The van der Waals surface area contributed by atoms with E-state index in [1.807, 2.05) is 13.0 Å². The SMILES string of the molecule is C=C(CN1c2ccccc2CCC1C)C(=O)OCC. The number of ether oxygens (including phenoxy) is 1. The molecule has 1 aliphatic rings. The van der Waals surface area contributed by atoms with Crippen molar-refractivity contribution < 1.29 is 9.53 Å². The highest BCUT2D eigenvalue weighted by atomic mass is 16.5. The van der Waals surface area contributed by atoms with Crippen molar-refractivity contribution in [2.45, 2.75) is 32.7 Å². The summed E-state index contributed by atoms with van der Waals surface area (Å²) in [7, 11) is 0. The van der Waals surface area contributed by atoms with Crippen LogP contribution in [0, 0.1) is 0 Å². The molecule has 0 spiro atoms. The Morgan fingerprint density at radius 3 is 2.95 bits per heavy atom. The summed E-state index contributed by atoms with van der Waals surface area (Å²) < 4.78 is 5.00. The molecule has 0 radical (unpaired) electrons. The summed E-state index contributed by atoms with van der Waals surface area (Å²) in [5.41, 5.74) is 3.08. The van der Waals surface area contributed by atoms with E-state index >= 15 is 0 Å². The summed E-state index contributed by atoms with van der Waals surface area (Å²) in [5, 5.41) is 0. The maximum atomic E-state index is 11.7. The molecule has 1 unspecified atom stereocenters. The largest absolute Gasteiger partial charge is 0.463 e. The second-order valence-corrected chi connectivity index (χ2v) is 4.97. The number of carbonyl (C=O) groups is 1. The Bertz CT molecular complexity index is 481. The molecule has 1 heterocycles. The van der Waals surface area contributed by atoms with Gasteiger partial charge in [0, 0.05) is 23.8 Å². The second kappa shape index (κ2) is 5.91. The number of carbonyl (C=O) groups excluding carboxylic acids is 1. The van der Waals surface area contributed by atoms with Gasteiger partial charge in [0.25, 0.3) is 0 Å². The van der Waals surface area contributed by atoms with Gasteiger partial charge in [0.05, 0.1) is 6.61 Å². The first-order valence-electron chi connectivity index (χ1n) is 6.83. The molecule has 1 atom stereocenters. The zero-order chi connectivity index (χ0) is 13.8. The van der Waals surface area contributed by atoms with Crippen LogP contribution in [-0.2, 0) is 16.0 Å². The standard InChI is InChI=1S/C16H21NO2/c1-4-19-16(18)12(2)11-17-13(3)9-10-14-7-5-6-8-15(14)17/h5-8,13H,2,4,9-11H2,1,3H3. The van der Waals surface area contributed by atoms with Crippen molar-refractivity contribution in [3.05, 3.63) is 42.0 Å². The molecule has 1 aromatic carbocycles. The summed E-state index contributed by atoms with van der Waals surface area (Å²) in [5.74, 6) is -0.294. The maximum Gasteiger partial charge on any atom is 0.335 e. The summed E-state index contributed by atoms with van der Waals surface area (Å²) >= 11 is 0. The Hall–Kier alpha value is -1.77. The average molecular weight is 259 g/mol. The lowest BCUT2D eigenvalue weighted by molar-refractivity contribution is -0.138. The Morgan fingerprint density at radius 2 is 2.21 bits per heavy atom. The van der Waals surface area contributed by atoms with Gasteiger partial charge in [0.15, 0.2) is 0 Å². The summed E-state index contributed by atoms with van der Waals surface area (Å²) in [6, 6.07) is 8.79. The van der Waals surface area contributed by atoms with Crippen LogP contribution in [0.15, 0.2) is 36.4 Å². The predicted octanol–water partition coefficient (Wildman–Crippen LogP) is 2.95. The van der Waals surface area contributed by atoms with Crippen molar-refractivity contribution in [1.29, 1.82) is 0 Å². The molecule has 19 heavy (non-hydrogen) atoms.